The molecule has 1 N–H and O–H groups in total. The number of ether oxygens (including phenoxy) is 1. The predicted octanol–water partition coefficient (Wildman–Crippen LogP) is 6.63. The summed E-state index contributed by atoms with van der Waals surface area (Å²) < 4.78 is 8.18. The summed E-state index contributed by atoms with van der Waals surface area (Å²) in [7, 11) is 0. The molecular formula is C36H43N3O5. The van der Waals surface area contributed by atoms with E-state index in [0.717, 1.165) is 29.5 Å². The van der Waals surface area contributed by atoms with E-state index in [2.05, 4.69) is 12.0 Å². The maximum Gasteiger partial charge on any atom is 0.353 e. The van der Waals surface area contributed by atoms with Crippen LogP contribution in [0.25, 0.3) is 0 Å². The maximum absolute atomic E-state index is 13.7. The molecule has 0 amide bonds. The number of aromatic nitrogens is 3. The Morgan fingerprint density at radius 1 is 0.795 bits per heavy atom. The highest BCUT2D eigenvalue weighted by Crippen LogP contribution is 2.20. The number of unbranched alkanes of at least 4 members (excludes halogenated alkanes) is 3. The van der Waals surface area contributed by atoms with Crippen LogP contribution in [0.15, 0.2) is 77.6 Å². The second-order valence-electron chi connectivity index (χ2n) is 11.9. The van der Waals surface area contributed by atoms with E-state index in [9.17, 15) is 19.5 Å². The van der Waals surface area contributed by atoms with Gasteiger partial charge in [0.15, 0.2) is 5.60 Å². The molecule has 0 aliphatic heterocycles. The molecule has 3 aromatic carbocycles. The van der Waals surface area contributed by atoms with Crippen molar-refractivity contribution >= 4 is 11.9 Å². The number of carbonyl (C=O) groups is 2. The average molecular weight is 598 g/mol. The first-order valence-corrected chi connectivity index (χ1v) is 15.5. The van der Waals surface area contributed by atoms with Crippen molar-refractivity contribution < 1.29 is 19.4 Å². The fourth-order valence-corrected chi connectivity index (χ4v) is 5.00. The van der Waals surface area contributed by atoms with Crippen LogP contribution >= 0.6 is 0 Å². The van der Waals surface area contributed by atoms with Gasteiger partial charge in [0.05, 0.1) is 6.54 Å². The van der Waals surface area contributed by atoms with Gasteiger partial charge in [-0.05, 0) is 87.4 Å². The largest absolute Gasteiger partial charge is 0.478 e. The Bertz CT molecular complexity index is 1600. The van der Waals surface area contributed by atoms with E-state index in [1.165, 1.54) is 47.9 Å². The Morgan fingerprint density at radius 3 is 2.00 bits per heavy atom. The van der Waals surface area contributed by atoms with Crippen molar-refractivity contribution in [2.75, 3.05) is 0 Å². The lowest BCUT2D eigenvalue weighted by molar-refractivity contribution is -0.152. The molecule has 0 radical (unpaired) electrons. The summed E-state index contributed by atoms with van der Waals surface area (Å²) in [6, 6.07) is 22.8. The van der Waals surface area contributed by atoms with Crippen LogP contribution in [-0.2, 0) is 30.6 Å². The van der Waals surface area contributed by atoms with Crippen LogP contribution in [0.3, 0.4) is 0 Å². The van der Waals surface area contributed by atoms with E-state index >= 15 is 0 Å². The normalized spacial score (nSPS) is 11.5. The van der Waals surface area contributed by atoms with Crippen molar-refractivity contribution in [2.24, 2.45) is 0 Å². The van der Waals surface area contributed by atoms with Crippen LogP contribution in [-0.4, -0.2) is 36.9 Å². The van der Waals surface area contributed by atoms with Gasteiger partial charge in [-0.1, -0.05) is 80.3 Å². The Balaban J connectivity index is 1.50. The number of benzene rings is 3. The minimum atomic E-state index is -1.33. The topological polar surface area (TPSA) is 103 Å². The maximum atomic E-state index is 13.7. The molecule has 0 saturated carbocycles. The van der Waals surface area contributed by atoms with E-state index in [4.69, 9.17) is 4.74 Å². The molecule has 0 aliphatic rings. The average Bonchev–Trinajstić information content (AvgIpc) is 3.31. The Labute approximate surface area is 259 Å². The molecule has 0 saturated heterocycles. The number of carboxylic acids is 1. The Hall–Kier alpha value is -4.46. The minimum absolute atomic E-state index is 0.275. The van der Waals surface area contributed by atoms with Crippen LogP contribution in [0.4, 0.5) is 0 Å². The van der Waals surface area contributed by atoms with Crippen LogP contribution in [0.5, 0.6) is 5.75 Å². The van der Waals surface area contributed by atoms with Gasteiger partial charge in [-0.3, -0.25) is 4.79 Å². The SMILES string of the molecule is CCCCCCc1ccc(C(=O)n2c(CCCc3ccc(OC(C)(C)C(=O)O)cc3)nn(Cc3ccc(C)cc3)c2=O)cc1. The molecular weight excluding hydrogens is 554 g/mol. The first kappa shape index (κ1) is 32.5. The fourth-order valence-electron chi connectivity index (χ4n) is 5.00. The highest BCUT2D eigenvalue weighted by molar-refractivity contribution is 5.96. The summed E-state index contributed by atoms with van der Waals surface area (Å²) in [5.41, 5.74) is 2.95. The summed E-state index contributed by atoms with van der Waals surface area (Å²) in [6.45, 7) is 7.49. The van der Waals surface area contributed by atoms with E-state index in [1.807, 2.05) is 55.5 Å². The number of hydrogen-bond acceptors (Lipinski definition) is 5. The van der Waals surface area contributed by atoms with Crippen molar-refractivity contribution in [3.05, 3.63) is 117 Å². The van der Waals surface area contributed by atoms with Crippen molar-refractivity contribution in [2.45, 2.75) is 91.2 Å². The van der Waals surface area contributed by atoms with Gasteiger partial charge in [0.25, 0.3) is 5.91 Å². The lowest BCUT2D eigenvalue weighted by atomic mass is 10.0. The third-order valence-electron chi connectivity index (χ3n) is 7.76. The number of carbonyl (C=O) groups excluding carboxylic acids is 1. The van der Waals surface area contributed by atoms with Crippen molar-refractivity contribution in [1.82, 2.24) is 14.3 Å². The van der Waals surface area contributed by atoms with Gasteiger partial charge in [0.2, 0.25) is 0 Å². The van der Waals surface area contributed by atoms with Gasteiger partial charge < -0.3 is 9.84 Å². The molecule has 1 aromatic heterocycles. The van der Waals surface area contributed by atoms with Crippen LogP contribution in [0.2, 0.25) is 0 Å². The molecule has 44 heavy (non-hydrogen) atoms. The minimum Gasteiger partial charge on any atom is -0.478 e. The van der Waals surface area contributed by atoms with Crippen LogP contribution < -0.4 is 10.4 Å². The molecule has 8 nitrogen and oxygen atoms in total. The highest BCUT2D eigenvalue weighted by atomic mass is 16.5. The fraction of sp³-hybridized carbons (Fsp3) is 0.389. The number of rotatable bonds is 15. The molecule has 232 valence electrons. The molecule has 4 rings (SSSR count). The zero-order valence-corrected chi connectivity index (χ0v) is 26.2. The third-order valence-corrected chi connectivity index (χ3v) is 7.76. The lowest BCUT2D eigenvalue weighted by Crippen LogP contribution is -2.37. The summed E-state index contributed by atoms with van der Waals surface area (Å²) in [6.07, 6.45) is 7.47. The second kappa shape index (κ2) is 14.8. The first-order valence-electron chi connectivity index (χ1n) is 15.5. The molecule has 0 fully saturated rings. The summed E-state index contributed by atoms with van der Waals surface area (Å²) >= 11 is 0. The van der Waals surface area contributed by atoms with E-state index < -0.39 is 17.3 Å². The van der Waals surface area contributed by atoms with Crippen LogP contribution in [0.1, 0.15) is 91.3 Å². The third kappa shape index (κ3) is 8.56. The molecule has 8 heteroatoms. The highest BCUT2D eigenvalue weighted by Gasteiger charge is 2.29. The van der Waals surface area contributed by atoms with Crippen molar-refractivity contribution in [1.29, 1.82) is 0 Å². The molecule has 0 unspecified atom stereocenters. The summed E-state index contributed by atoms with van der Waals surface area (Å²) in [4.78, 5) is 38.6. The first-order chi connectivity index (χ1) is 21.1. The lowest BCUT2D eigenvalue weighted by Gasteiger charge is -2.21. The number of nitrogens with zero attached hydrogens (tertiary/aromatic N) is 3. The van der Waals surface area contributed by atoms with E-state index in [0.29, 0.717) is 36.4 Å². The number of aryl methyl sites for hydroxylation is 4. The molecule has 4 aromatic rings. The zero-order chi connectivity index (χ0) is 31.7. The van der Waals surface area contributed by atoms with Gasteiger partial charge in [0, 0.05) is 12.0 Å². The Kier molecular flexibility index (Phi) is 10.9. The molecule has 0 spiro atoms. The van der Waals surface area contributed by atoms with E-state index in [1.54, 1.807) is 24.3 Å². The Morgan fingerprint density at radius 2 is 1.39 bits per heavy atom. The summed E-state index contributed by atoms with van der Waals surface area (Å²) in [5, 5.41) is 13.9. The zero-order valence-electron chi connectivity index (χ0n) is 26.2. The molecule has 0 bridgehead atoms. The van der Waals surface area contributed by atoms with Crippen LogP contribution in [0, 0.1) is 6.92 Å². The monoisotopic (exact) mass is 597 g/mol. The van der Waals surface area contributed by atoms with Gasteiger partial charge in [-0.25, -0.2) is 18.8 Å². The number of hydrogen-bond donors (Lipinski definition) is 1. The second-order valence-corrected chi connectivity index (χ2v) is 11.9. The quantitative estimate of drug-likeness (QED) is 0.154. The predicted molar refractivity (Wildman–Crippen MR) is 172 cm³/mol. The smallest absolute Gasteiger partial charge is 0.353 e. The number of aliphatic carboxylic acids is 1. The van der Waals surface area contributed by atoms with Gasteiger partial charge in [0.1, 0.15) is 11.6 Å². The van der Waals surface area contributed by atoms with Gasteiger partial charge in [-0.15, -0.1) is 0 Å². The van der Waals surface area contributed by atoms with Crippen molar-refractivity contribution in [3.8, 4) is 5.75 Å². The van der Waals surface area contributed by atoms with E-state index in [-0.39, 0.29) is 12.5 Å². The number of carboxylic acid groups (broad SMARTS) is 1. The van der Waals surface area contributed by atoms with Crippen molar-refractivity contribution in [3.63, 3.8) is 0 Å². The molecule has 0 atom stereocenters. The standard InChI is InChI=1S/C36H43N3O5/c1-5-6-7-8-10-27-17-21-30(22-18-27)33(40)39-32(37-38(35(39)43)25-29-15-13-26(2)14-16-29)12-9-11-28-19-23-31(24-20-28)44-36(3,4)34(41)42/h13-24H,5-12,25H2,1-4H3,(H,41,42). The molecule has 0 aliphatic carbocycles. The van der Waals surface area contributed by atoms with Gasteiger partial charge >= 0.3 is 11.7 Å². The van der Waals surface area contributed by atoms with Gasteiger partial charge in [-0.2, -0.15) is 5.10 Å². The molecule has 1 heterocycles. The summed E-state index contributed by atoms with van der Waals surface area (Å²) in [5.74, 6) is -0.510.